The van der Waals surface area contributed by atoms with Crippen molar-refractivity contribution in [1.82, 2.24) is 10.3 Å². The number of hydrogen-bond acceptors (Lipinski definition) is 5. The Kier molecular flexibility index (Phi) is 5.85. The van der Waals surface area contributed by atoms with Gasteiger partial charge in [-0.3, -0.25) is 19.3 Å². The first-order valence-electron chi connectivity index (χ1n) is 8.84. The number of carbonyl (C=O) groups is 3. The van der Waals surface area contributed by atoms with Gasteiger partial charge in [-0.15, -0.1) is 11.3 Å². The summed E-state index contributed by atoms with van der Waals surface area (Å²) in [5.41, 5.74) is 2.25. The van der Waals surface area contributed by atoms with Gasteiger partial charge in [-0.1, -0.05) is 12.1 Å². The van der Waals surface area contributed by atoms with Gasteiger partial charge in [0.25, 0.3) is 0 Å². The van der Waals surface area contributed by atoms with Gasteiger partial charge in [-0.25, -0.2) is 4.98 Å². The number of anilines is 2. The molecule has 27 heavy (non-hydrogen) atoms. The van der Waals surface area contributed by atoms with Crippen LogP contribution in [0.5, 0.6) is 0 Å². The molecule has 2 heterocycles. The lowest BCUT2D eigenvalue weighted by Gasteiger charge is -2.15. The van der Waals surface area contributed by atoms with Crippen LogP contribution in [0, 0.1) is 0 Å². The first-order chi connectivity index (χ1) is 12.9. The third-order valence-electron chi connectivity index (χ3n) is 4.27. The van der Waals surface area contributed by atoms with Crippen molar-refractivity contribution in [2.45, 2.75) is 39.2 Å². The Bertz CT molecular complexity index is 864. The first kappa shape index (κ1) is 19.0. The standard InChI is InChI=1S/C19H22N4O3S/c1-12(14-5-3-6-15(9-14)21-13(2)24)20-17(25)10-16-11-27-19(22-16)23-8-4-7-18(23)26/h3,5-6,9,11-12H,4,7-8,10H2,1-2H3,(H,20,25)(H,21,24). The predicted molar refractivity (Wildman–Crippen MR) is 105 cm³/mol. The van der Waals surface area contributed by atoms with Crippen LogP contribution in [0.3, 0.4) is 0 Å². The fourth-order valence-corrected chi connectivity index (χ4v) is 3.85. The highest BCUT2D eigenvalue weighted by atomic mass is 32.1. The van der Waals surface area contributed by atoms with Gasteiger partial charge in [-0.2, -0.15) is 0 Å². The topological polar surface area (TPSA) is 91.4 Å². The van der Waals surface area contributed by atoms with Gasteiger partial charge in [0.15, 0.2) is 5.13 Å². The fraction of sp³-hybridized carbons (Fsp3) is 0.368. The van der Waals surface area contributed by atoms with Crippen LogP contribution in [0.25, 0.3) is 0 Å². The van der Waals surface area contributed by atoms with Crippen LogP contribution in [-0.2, 0) is 20.8 Å². The molecule has 1 aliphatic rings. The molecule has 1 saturated heterocycles. The van der Waals surface area contributed by atoms with E-state index in [1.807, 2.05) is 30.5 Å². The minimum absolute atomic E-state index is 0.0908. The molecule has 0 saturated carbocycles. The van der Waals surface area contributed by atoms with Crippen molar-refractivity contribution in [3.63, 3.8) is 0 Å². The van der Waals surface area contributed by atoms with Crippen molar-refractivity contribution in [3.8, 4) is 0 Å². The summed E-state index contributed by atoms with van der Waals surface area (Å²) in [7, 11) is 0. The molecule has 0 spiro atoms. The van der Waals surface area contributed by atoms with E-state index >= 15 is 0 Å². The van der Waals surface area contributed by atoms with Crippen molar-refractivity contribution in [2.75, 3.05) is 16.8 Å². The maximum atomic E-state index is 12.4. The largest absolute Gasteiger partial charge is 0.349 e. The second-order valence-corrected chi connectivity index (χ2v) is 7.38. The number of thiazole rings is 1. The Labute approximate surface area is 161 Å². The molecule has 2 aromatic rings. The number of hydrogen-bond donors (Lipinski definition) is 2. The van der Waals surface area contributed by atoms with Crippen molar-refractivity contribution in [3.05, 3.63) is 40.9 Å². The minimum atomic E-state index is -0.204. The Balaban J connectivity index is 1.58. The van der Waals surface area contributed by atoms with Crippen LogP contribution in [0.4, 0.5) is 10.8 Å². The summed E-state index contributed by atoms with van der Waals surface area (Å²) >= 11 is 1.39. The summed E-state index contributed by atoms with van der Waals surface area (Å²) in [5.74, 6) is -0.190. The summed E-state index contributed by atoms with van der Waals surface area (Å²) in [6, 6.07) is 7.17. The van der Waals surface area contributed by atoms with Crippen molar-refractivity contribution < 1.29 is 14.4 Å². The first-order valence-corrected chi connectivity index (χ1v) is 9.72. The summed E-state index contributed by atoms with van der Waals surface area (Å²) < 4.78 is 0. The zero-order valence-electron chi connectivity index (χ0n) is 15.3. The number of nitrogens with zero attached hydrogens (tertiary/aromatic N) is 2. The van der Waals surface area contributed by atoms with E-state index < -0.39 is 0 Å². The highest BCUT2D eigenvalue weighted by Crippen LogP contribution is 2.25. The Hall–Kier alpha value is -2.74. The van der Waals surface area contributed by atoms with E-state index in [-0.39, 0.29) is 30.2 Å². The van der Waals surface area contributed by atoms with E-state index in [0.29, 0.717) is 29.5 Å². The lowest BCUT2D eigenvalue weighted by molar-refractivity contribution is -0.121. The van der Waals surface area contributed by atoms with Crippen molar-refractivity contribution >= 4 is 39.9 Å². The smallest absolute Gasteiger partial charge is 0.228 e. The normalized spacial score (nSPS) is 14.9. The molecule has 1 aromatic heterocycles. The molecule has 0 bridgehead atoms. The van der Waals surface area contributed by atoms with Gasteiger partial charge in [0.1, 0.15) is 0 Å². The maximum Gasteiger partial charge on any atom is 0.228 e. The second-order valence-electron chi connectivity index (χ2n) is 6.54. The van der Waals surface area contributed by atoms with Gasteiger partial charge >= 0.3 is 0 Å². The molecule has 0 aliphatic carbocycles. The van der Waals surface area contributed by atoms with Gasteiger partial charge < -0.3 is 10.6 Å². The van der Waals surface area contributed by atoms with Crippen molar-refractivity contribution in [2.24, 2.45) is 0 Å². The molecule has 1 unspecified atom stereocenters. The third-order valence-corrected chi connectivity index (χ3v) is 5.18. The van der Waals surface area contributed by atoms with E-state index in [4.69, 9.17) is 0 Å². The Morgan fingerprint density at radius 2 is 2.19 bits per heavy atom. The van der Waals surface area contributed by atoms with Crippen LogP contribution in [0.1, 0.15) is 44.0 Å². The third kappa shape index (κ3) is 4.91. The molecule has 8 heteroatoms. The molecular formula is C19H22N4O3S. The molecule has 7 nitrogen and oxygen atoms in total. The molecule has 1 fully saturated rings. The van der Waals surface area contributed by atoms with E-state index in [9.17, 15) is 14.4 Å². The molecule has 1 atom stereocenters. The van der Waals surface area contributed by atoms with Gasteiger partial charge in [0.2, 0.25) is 17.7 Å². The molecule has 0 radical (unpaired) electrons. The minimum Gasteiger partial charge on any atom is -0.349 e. The number of carbonyl (C=O) groups excluding carboxylic acids is 3. The van der Waals surface area contributed by atoms with Gasteiger partial charge in [0.05, 0.1) is 18.2 Å². The highest BCUT2D eigenvalue weighted by Gasteiger charge is 2.24. The summed E-state index contributed by atoms with van der Waals surface area (Å²) in [6.45, 7) is 4.04. The summed E-state index contributed by atoms with van der Waals surface area (Å²) in [6.07, 6.45) is 1.57. The van der Waals surface area contributed by atoms with Crippen LogP contribution < -0.4 is 15.5 Å². The zero-order valence-corrected chi connectivity index (χ0v) is 16.1. The SMILES string of the molecule is CC(=O)Nc1cccc(C(C)NC(=O)Cc2csc(N3CCCC3=O)n2)c1. The molecule has 2 N–H and O–H groups in total. The number of benzene rings is 1. The number of rotatable bonds is 6. The van der Waals surface area contributed by atoms with Crippen LogP contribution in [-0.4, -0.2) is 29.3 Å². The molecule has 1 aromatic carbocycles. The lowest BCUT2D eigenvalue weighted by Crippen LogP contribution is -2.28. The van der Waals surface area contributed by atoms with E-state index in [1.54, 1.807) is 11.0 Å². The average Bonchev–Trinajstić information content (AvgIpc) is 3.23. The molecule has 3 amide bonds. The van der Waals surface area contributed by atoms with Gasteiger partial charge in [-0.05, 0) is 31.0 Å². The van der Waals surface area contributed by atoms with E-state index in [1.165, 1.54) is 18.3 Å². The van der Waals surface area contributed by atoms with Gasteiger partial charge in [0, 0.05) is 31.0 Å². The maximum absolute atomic E-state index is 12.4. The second kappa shape index (κ2) is 8.30. The van der Waals surface area contributed by atoms with Crippen molar-refractivity contribution in [1.29, 1.82) is 0 Å². The summed E-state index contributed by atoms with van der Waals surface area (Å²) in [5, 5.41) is 8.16. The Morgan fingerprint density at radius 1 is 1.37 bits per heavy atom. The van der Waals surface area contributed by atoms with E-state index in [2.05, 4.69) is 15.6 Å². The Morgan fingerprint density at radius 3 is 2.89 bits per heavy atom. The van der Waals surface area contributed by atoms with E-state index in [0.717, 1.165) is 12.0 Å². The summed E-state index contributed by atoms with van der Waals surface area (Å²) in [4.78, 5) is 41.4. The predicted octanol–water partition coefficient (Wildman–Crippen LogP) is 2.65. The number of amides is 3. The molecule has 3 rings (SSSR count). The average molecular weight is 386 g/mol. The zero-order chi connectivity index (χ0) is 19.4. The quantitative estimate of drug-likeness (QED) is 0.798. The molecule has 1 aliphatic heterocycles. The number of aromatic nitrogens is 1. The number of nitrogens with one attached hydrogen (secondary N) is 2. The highest BCUT2D eigenvalue weighted by molar-refractivity contribution is 7.14. The molecular weight excluding hydrogens is 364 g/mol. The van der Waals surface area contributed by atoms with Crippen LogP contribution in [0.15, 0.2) is 29.6 Å². The fourth-order valence-electron chi connectivity index (χ4n) is 2.98. The van der Waals surface area contributed by atoms with Crippen LogP contribution >= 0.6 is 11.3 Å². The monoisotopic (exact) mass is 386 g/mol. The van der Waals surface area contributed by atoms with Crippen LogP contribution in [0.2, 0.25) is 0 Å². The molecule has 142 valence electrons. The lowest BCUT2D eigenvalue weighted by atomic mass is 10.1.